The summed E-state index contributed by atoms with van der Waals surface area (Å²) < 4.78 is 6.38. The van der Waals surface area contributed by atoms with E-state index in [-0.39, 0.29) is 0 Å². The largest absolute Gasteiger partial charge is 0.448 e. The van der Waals surface area contributed by atoms with Crippen molar-refractivity contribution < 1.29 is 4.42 Å². The minimum absolute atomic E-state index is 0.304. The molecule has 0 amide bonds. The highest BCUT2D eigenvalue weighted by Crippen LogP contribution is 2.37. The maximum atomic E-state index is 5.98. The summed E-state index contributed by atoms with van der Waals surface area (Å²) in [6.45, 7) is 0. The third-order valence-corrected chi connectivity index (χ3v) is 3.64. The zero-order chi connectivity index (χ0) is 11.0. The summed E-state index contributed by atoms with van der Waals surface area (Å²) in [7, 11) is 0. The van der Waals surface area contributed by atoms with Gasteiger partial charge in [0.1, 0.15) is 5.76 Å². The summed E-state index contributed by atoms with van der Waals surface area (Å²) in [4.78, 5) is 0. The van der Waals surface area contributed by atoms with Crippen LogP contribution in [-0.4, -0.2) is 0 Å². The van der Waals surface area contributed by atoms with Gasteiger partial charge in [0, 0.05) is 5.56 Å². The van der Waals surface area contributed by atoms with Gasteiger partial charge in [-0.25, -0.2) is 0 Å². The average molecular weight is 283 g/mol. The molecule has 15 heavy (non-hydrogen) atoms. The molecule has 6 heteroatoms. The first kappa shape index (κ1) is 11.3. The molecular weight excluding hydrogens is 277 g/mol. The van der Waals surface area contributed by atoms with E-state index < -0.39 is 6.04 Å². The Hall–Kier alpha value is -0.190. The lowest BCUT2D eigenvalue weighted by Crippen LogP contribution is -2.10. The summed E-state index contributed by atoms with van der Waals surface area (Å²) >= 11 is 18.7. The van der Waals surface area contributed by atoms with Crippen molar-refractivity contribution in [3.8, 4) is 0 Å². The smallest absolute Gasteiger partial charge is 0.193 e. The summed E-state index contributed by atoms with van der Waals surface area (Å²) in [6.07, 6.45) is 0. The standard InChI is InChI=1S/C9H6Cl3NOS/c10-6-2-1-5(14-6)8(13)4-3-7(11)15-9(4)12/h1-3,8H,13H2. The fourth-order valence-corrected chi connectivity index (χ4v) is 2.92. The molecule has 1 atom stereocenters. The van der Waals surface area contributed by atoms with Gasteiger partial charge in [-0.1, -0.05) is 23.2 Å². The van der Waals surface area contributed by atoms with Gasteiger partial charge >= 0.3 is 0 Å². The molecule has 1 unspecified atom stereocenters. The van der Waals surface area contributed by atoms with E-state index in [1.54, 1.807) is 18.2 Å². The first-order chi connectivity index (χ1) is 7.08. The molecule has 0 radical (unpaired) electrons. The van der Waals surface area contributed by atoms with E-state index in [0.717, 1.165) is 5.56 Å². The maximum Gasteiger partial charge on any atom is 0.193 e. The zero-order valence-corrected chi connectivity index (χ0v) is 10.4. The number of thiophene rings is 1. The lowest BCUT2D eigenvalue weighted by Gasteiger charge is -2.06. The summed E-state index contributed by atoms with van der Waals surface area (Å²) in [5.41, 5.74) is 6.70. The van der Waals surface area contributed by atoms with Gasteiger partial charge < -0.3 is 10.2 Å². The van der Waals surface area contributed by atoms with Gasteiger partial charge in [0.05, 0.1) is 14.7 Å². The molecule has 0 aliphatic heterocycles. The normalized spacial score (nSPS) is 13.1. The summed E-state index contributed by atoms with van der Waals surface area (Å²) in [6, 6.07) is 4.65. The molecule has 0 aliphatic carbocycles. The van der Waals surface area contributed by atoms with Crippen LogP contribution in [-0.2, 0) is 0 Å². The number of halogens is 3. The lowest BCUT2D eigenvalue weighted by atomic mass is 10.1. The van der Waals surface area contributed by atoms with Crippen molar-refractivity contribution >= 4 is 46.1 Å². The van der Waals surface area contributed by atoms with Gasteiger partial charge in [-0.05, 0) is 29.8 Å². The number of hydrogen-bond acceptors (Lipinski definition) is 3. The van der Waals surface area contributed by atoms with E-state index in [1.807, 2.05) is 0 Å². The van der Waals surface area contributed by atoms with Crippen molar-refractivity contribution in [1.29, 1.82) is 0 Å². The van der Waals surface area contributed by atoms with E-state index in [2.05, 4.69) is 0 Å². The highest BCUT2D eigenvalue weighted by molar-refractivity contribution is 7.20. The highest BCUT2D eigenvalue weighted by atomic mass is 35.5. The number of hydrogen-bond donors (Lipinski definition) is 1. The predicted molar refractivity (Wildman–Crippen MR) is 64.1 cm³/mol. The highest BCUT2D eigenvalue weighted by Gasteiger charge is 2.18. The van der Waals surface area contributed by atoms with Gasteiger partial charge in [0.15, 0.2) is 5.22 Å². The van der Waals surface area contributed by atoms with Gasteiger partial charge in [0.2, 0.25) is 0 Å². The molecule has 2 aromatic rings. The molecule has 0 spiro atoms. The maximum absolute atomic E-state index is 5.98. The van der Waals surface area contributed by atoms with Crippen molar-refractivity contribution in [3.05, 3.63) is 43.4 Å². The molecule has 80 valence electrons. The fraction of sp³-hybridized carbons (Fsp3) is 0.111. The molecule has 0 bridgehead atoms. The Morgan fingerprint density at radius 3 is 2.47 bits per heavy atom. The van der Waals surface area contributed by atoms with E-state index in [4.69, 9.17) is 45.0 Å². The number of furan rings is 1. The molecule has 2 aromatic heterocycles. The van der Waals surface area contributed by atoms with Crippen molar-refractivity contribution in [2.75, 3.05) is 0 Å². The van der Waals surface area contributed by atoms with Crippen LogP contribution in [0.15, 0.2) is 22.6 Å². The fourth-order valence-electron chi connectivity index (χ4n) is 1.21. The molecule has 2 heterocycles. The SMILES string of the molecule is NC(c1ccc(Cl)o1)c1cc(Cl)sc1Cl. The van der Waals surface area contributed by atoms with Crippen LogP contribution in [0.25, 0.3) is 0 Å². The summed E-state index contributed by atoms with van der Waals surface area (Å²) in [5, 5.41) is 0.304. The van der Waals surface area contributed by atoms with Gasteiger partial charge in [-0.15, -0.1) is 11.3 Å². The molecule has 0 saturated heterocycles. The number of nitrogens with two attached hydrogens (primary N) is 1. The molecule has 0 aliphatic rings. The van der Waals surface area contributed by atoms with Crippen LogP contribution < -0.4 is 5.73 Å². The van der Waals surface area contributed by atoms with Gasteiger partial charge in [0.25, 0.3) is 0 Å². The second kappa shape index (κ2) is 4.36. The molecule has 0 aromatic carbocycles. The topological polar surface area (TPSA) is 39.2 Å². The second-order valence-corrected chi connectivity index (χ2v) is 5.56. The van der Waals surface area contributed by atoms with E-state index in [1.165, 1.54) is 11.3 Å². The van der Waals surface area contributed by atoms with E-state index in [0.29, 0.717) is 19.7 Å². The van der Waals surface area contributed by atoms with Crippen LogP contribution in [0.3, 0.4) is 0 Å². The molecule has 0 fully saturated rings. The van der Waals surface area contributed by atoms with Crippen LogP contribution in [0.1, 0.15) is 17.4 Å². The van der Waals surface area contributed by atoms with Crippen LogP contribution in [0.5, 0.6) is 0 Å². The second-order valence-electron chi connectivity index (χ2n) is 2.90. The molecule has 0 saturated carbocycles. The van der Waals surface area contributed by atoms with Crippen LogP contribution in [0, 0.1) is 0 Å². The van der Waals surface area contributed by atoms with Crippen LogP contribution in [0.2, 0.25) is 13.9 Å². The first-order valence-corrected chi connectivity index (χ1v) is 5.98. The molecule has 2 nitrogen and oxygen atoms in total. The third-order valence-electron chi connectivity index (χ3n) is 1.92. The van der Waals surface area contributed by atoms with Crippen molar-refractivity contribution in [2.45, 2.75) is 6.04 Å². The third kappa shape index (κ3) is 2.32. The van der Waals surface area contributed by atoms with Gasteiger partial charge in [-0.2, -0.15) is 0 Å². The monoisotopic (exact) mass is 281 g/mol. The Kier molecular flexibility index (Phi) is 3.28. The van der Waals surface area contributed by atoms with E-state index in [9.17, 15) is 0 Å². The number of rotatable bonds is 2. The van der Waals surface area contributed by atoms with Crippen LogP contribution >= 0.6 is 46.1 Å². The minimum atomic E-state index is -0.436. The summed E-state index contributed by atoms with van der Waals surface area (Å²) in [5.74, 6) is 0.566. The van der Waals surface area contributed by atoms with Gasteiger partial charge in [-0.3, -0.25) is 0 Å². The quantitative estimate of drug-likeness (QED) is 0.889. The Morgan fingerprint density at radius 2 is 2.00 bits per heavy atom. The molecular formula is C9H6Cl3NOS. The Morgan fingerprint density at radius 1 is 1.27 bits per heavy atom. The zero-order valence-electron chi connectivity index (χ0n) is 7.34. The molecule has 2 rings (SSSR count). The lowest BCUT2D eigenvalue weighted by molar-refractivity contribution is 0.492. The predicted octanol–water partition coefficient (Wildman–Crippen LogP) is 4.35. The average Bonchev–Trinajstić information content (AvgIpc) is 2.71. The van der Waals surface area contributed by atoms with Crippen molar-refractivity contribution in [3.63, 3.8) is 0 Å². The van der Waals surface area contributed by atoms with Crippen molar-refractivity contribution in [2.24, 2.45) is 5.73 Å². The minimum Gasteiger partial charge on any atom is -0.448 e. The Balaban J connectivity index is 2.35. The van der Waals surface area contributed by atoms with E-state index >= 15 is 0 Å². The Bertz CT molecular complexity index is 479. The Labute approximate surface area is 106 Å². The molecule has 2 N–H and O–H groups in total. The van der Waals surface area contributed by atoms with Crippen LogP contribution in [0.4, 0.5) is 0 Å². The van der Waals surface area contributed by atoms with Crippen molar-refractivity contribution in [1.82, 2.24) is 0 Å². The first-order valence-electron chi connectivity index (χ1n) is 4.03.